The Bertz CT molecular complexity index is 281. The molecule has 3 atom stereocenters. The first kappa shape index (κ1) is 16.4. The molecule has 112 valence electrons. The van der Waals surface area contributed by atoms with Gasteiger partial charge in [0, 0.05) is 6.61 Å². The molecule has 0 aromatic rings. The minimum atomic E-state index is -0.898. The summed E-state index contributed by atoms with van der Waals surface area (Å²) >= 11 is 0. The van der Waals surface area contributed by atoms with Crippen LogP contribution in [-0.2, 0) is 14.3 Å². The quantitative estimate of drug-likeness (QED) is 0.595. The maximum absolute atomic E-state index is 11.4. The highest BCUT2D eigenvalue weighted by Crippen LogP contribution is 2.30. The fourth-order valence-electron chi connectivity index (χ4n) is 3.03. The molecule has 19 heavy (non-hydrogen) atoms. The van der Waals surface area contributed by atoms with Crippen LogP contribution >= 0.6 is 0 Å². The SMILES string of the molecule is COC(=O)C(C)(N)CCCOC1CC(C)CC(C)C1. The van der Waals surface area contributed by atoms with Crippen LogP contribution in [0, 0.1) is 11.8 Å². The zero-order chi connectivity index (χ0) is 14.5. The zero-order valence-electron chi connectivity index (χ0n) is 12.8. The van der Waals surface area contributed by atoms with E-state index in [1.165, 1.54) is 13.5 Å². The molecule has 4 heteroatoms. The van der Waals surface area contributed by atoms with E-state index in [1.807, 2.05) is 0 Å². The standard InChI is InChI=1S/C15H29NO3/c1-11-8-12(2)10-13(9-11)19-7-5-6-15(3,16)14(17)18-4/h11-13H,5-10,16H2,1-4H3. The Morgan fingerprint density at radius 3 is 2.37 bits per heavy atom. The summed E-state index contributed by atoms with van der Waals surface area (Å²) in [6.45, 7) is 6.97. The second-order valence-corrected chi connectivity index (χ2v) is 6.42. The fraction of sp³-hybridized carbons (Fsp3) is 0.933. The topological polar surface area (TPSA) is 61.5 Å². The van der Waals surface area contributed by atoms with Crippen molar-refractivity contribution in [2.75, 3.05) is 13.7 Å². The van der Waals surface area contributed by atoms with Gasteiger partial charge in [-0.1, -0.05) is 13.8 Å². The maximum Gasteiger partial charge on any atom is 0.325 e. The van der Waals surface area contributed by atoms with Crippen molar-refractivity contribution >= 4 is 5.97 Å². The van der Waals surface area contributed by atoms with E-state index in [9.17, 15) is 4.79 Å². The largest absolute Gasteiger partial charge is 0.468 e. The van der Waals surface area contributed by atoms with Crippen molar-refractivity contribution in [1.82, 2.24) is 0 Å². The molecule has 0 spiro atoms. The molecule has 0 heterocycles. The fourth-order valence-corrected chi connectivity index (χ4v) is 3.03. The molecule has 1 fully saturated rings. The molecule has 0 bridgehead atoms. The van der Waals surface area contributed by atoms with Crippen LogP contribution in [0.3, 0.4) is 0 Å². The Morgan fingerprint density at radius 2 is 1.84 bits per heavy atom. The maximum atomic E-state index is 11.4. The molecule has 0 radical (unpaired) electrons. The van der Waals surface area contributed by atoms with Crippen molar-refractivity contribution in [3.63, 3.8) is 0 Å². The van der Waals surface area contributed by atoms with Gasteiger partial charge in [-0.25, -0.2) is 0 Å². The Labute approximate surface area is 117 Å². The molecule has 0 aromatic carbocycles. The lowest BCUT2D eigenvalue weighted by Gasteiger charge is -2.31. The van der Waals surface area contributed by atoms with Gasteiger partial charge in [0.15, 0.2) is 0 Å². The number of nitrogens with two attached hydrogens (primary N) is 1. The third-order valence-electron chi connectivity index (χ3n) is 3.98. The van der Waals surface area contributed by atoms with Gasteiger partial charge in [-0.3, -0.25) is 4.79 Å². The summed E-state index contributed by atoms with van der Waals surface area (Å²) in [6.07, 6.45) is 5.38. The molecule has 0 saturated heterocycles. The molecule has 1 rings (SSSR count). The first-order valence-corrected chi connectivity index (χ1v) is 7.34. The predicted octanol–water partition coefficient (Wildman–Crippen LogP) is 2.50. The summed E-state index contributed by atoms with van der Waals surface area (Å²) in [5, 5.41) is 0. The third kappa shape index (κ3) is 5.49. The van der Waals surface area contributed by atoms with Gasteiger partial charge in [-0.2, -0.15) is 0 Å². The van der Waals surface area contributed by atoms with Crippen molar-refractivity contribution in [1.29, 1.82) is 0 Å². The third-order valence-corrected chi connectivity index (χ3v) is 3.98. The van der Waals surface area contributed by atoms with Crippen molar-refractivity contribution in [3.05, 3.63) is 0 Å². The molecule has 0 amide bonds. The molecule has 1 aliphatic rings. The number of rotatable bonds is 6. The monoisotopic (exact) mass is 271 g/mol. The lowest BCUT2D eigenvalue weighted by molar-refractivity contribution is -0.146. The van der Waals surface area contributed by atoms with Crippen LogP contribution < -0.4 is 5.73 Å². The smallest absolute Gasteiger partial charge is 0.325 e. The average molecular weight is 271 g/mol. The van der Waals surface area contributed by atoms with Crippen molar-refractivity contribution in [2.45, 2.75) is 64.5 Å². The number of hydrogen-bond acceptors (Lipinski definition) is 4. The van der Waals surface area contributed by atoms with E-state index >= 15 is 0 Å². The highest BCUT2D eigenvalue weighted by molar-refractivity contribution is 5.79. The van der Waals surface area contributed by atoms with Gasteiger partial charge < -0.3 is 15.2 Å². The highest BCUT2D eigenvalue weighted by Gasteiger charge is 2.29. The Morgan fingerprint density at radius 1 is 1.26 bits per heavy atom. The van der Waals surface area contributed by atoms with Gasteiger partial charge in [0.25, 0.3) is 0 Å². The second-order valence-electron chi connectivity index (χ2n) is 6.42. The molecule has 0 aliphatic heterocycles. The Hall–Kier alpha value is -0.610. The lowest BCUT2D eigenvalue weighted by Crippen LogP contribution is -2.45. The van der Waals surface area contributed by atoms with Gasteiger partial charge in [-0.05, 0) is 50.9 Å². The first-order valence-electron chi connectivity index (χ1n) is 7.34. The van der Waals surface area contributed by atoms with E-state index in [-0.39, 0.29) is 5.97 Å². The lowest BCUT2D eigenvalue weighted by atomic mass is 9.82. The van der Waals surface area contributed by atoms with Gasteiger partial charge >= 0.3 is 5.97 Å². The van der Waals surface area contributed by atoms with Crippen LogP contribution in [0.1, 0.15) is 52.9 Å². The molecule has 4 nitrogen and oxygen atoms in total. The highest BCUT2D eigenvalue weighted by atomic mass is 16.5. The van der Waals surface area contributed by atoms with Crippen molar-refractivity contribution in [2.24, 2.45) is 17.6 Å². The van der Waals surface area contributed by atoms with Crippen LogP contribution in [0.15, 0.2) is 0 Å². The molecule has 2 N–H and O–H groups in total. The summed E-state index contributed by atoms with van der Waals surface area (Å²) < 4.78 is 10.6. The number of carbonyl (C=O) groups excluding carboxylic acids is 1. The van der Waals surface area contributed by atoms with E-state index < -0.39 is 5.54 Å². The van der Waals surface area contributed by atoms with E-state index in [0.717, 1.165) is 31.1 Å². The van der Waals surface area contributed by atoms with Gasteiger partial charge in [0.2, 0.25) is 0 Å². The Kier molecular flexibility index (Phi) is 6.27. The number of carbonyl (C=O) groups is 1. The van der Waals surface area contributed by atoms with Crippen LogP contribution in [0.25, 0.3) is 0 Å². The van der Waals surface area contributed by atoms with Gasteiger partial charge in [0.1, 0.15) is 5.54 Å². The summed E-state index contributed by atoms with van der Waals surface area (Å²) in [4.78, 5) is 11.4. The van der Waals surface area contributed by atoms with Crippen LogP contribution in [0.4, 0.5) is 0 Å². The molecule has 0 aromatic heterocycles. The minimum absolute atomic E-state index is 0.354. The number of ether oxygens (including phenoxy) is 2. The number of methoxy groups -OCH3 is 1. The van der Waals surface area contributed by atoms with Crippen molar-refractivity contribution < 1.29 is 14.3 Å². The summed E-state index contributed by atoms with van der Waals surface area (Å²) in [5.41, 5.74) is 5.01. The van der Waals surface area contributed by atoms with E-state index in [0.29, 0.717) is 19.1 Å². The zero-order valence-corrected chi connectivity index (χ0v) is 12.8. The molecular weight excluding hydrogens is 242 g/mol. The molecule has 3 unspecified atom stereocenters. The van der Waals surface area contributed by atoms with E-state index in [1.54, 1.807) is 6.92 Å². The first-order chi connectivity index (χ1) is 8.85. The number of esters is 1. The van der Waals surface area contributed by atoms with Gasteiger partial charge in [-0.15, -0.1) is 0 Å². The van der Waals surface area contributed by atoms with Crippen LogP contribution in [0.5, 0.6) is 0 Å². The number of hydrogen-bond donors (Lipinski definition) is 1. The average Bonchev–Trinajstić information content (AvgIpc) is 2.32. The van der Waals surface area contributed by atoms with E-state index in [4.69, 9.17) is 10.5 Å². The summed E-state index contributed by atoms with van der Waals surface area (Å²) in [7, 11) is 1.37. The molecule has 1 saturated carbocycles. The van der Waals surface area contributed by atoms with E-state index in [2.05, 4.69) is 18.6 Å². The second kappa shape index (κ2) is 7.25. The van der Waals surface area contributed by atoms with Crippen molar-refractivity contribution in [3.8, 4) is 0 Å². The van der Waals surface area contributed by atoms with Crippen LogP contribution in [0.2, 0.25) is 0 Å². The Balaban J connectivity index is 2.22. The normalized spacial score (nSPS) is 30.7. The summed E-state index contributed by atoms with van der Waals surface area (Å²) in [5.74, 6) is 1.15. The molecule has 1 aliphatic carbocycles. The molecular formula is C15H29NO3. The van der Waals surface area contributed by atoms with Gasteiger partial charge in [0.05, 0.1) is 13.2 Å². The predicted molar refractivity (Wildman–Crippen MR) is 75.8 cm³/mol. The summed E-state index contributed by atoms with van der Waals surface area (Å²) in [6, 6.07) is 0. The van der Waals surface area contributed by atoms with Crippen LogP contribution in [-0.4, -0.2) is 31.3 Å². The minimum Gasteiger partial charge on any atom is -0.468 e.